The van der Waals surface area contributed by atoms with Gasteiger partial charge >= 0.3 is 0 Å². The number of nitrogens with zero attached hydrogens (tertiary/aromatic N) is 1. The van der Waals surface area contributed by atoms with Crippen molar-refractivity contribution in [2.45, 2.75) is 25.8 Å². The van der Waals surface area contributed by atoms with Gasteiger partial charge in [0.15, 0.2) is 0 Å². The van der Waals surface area contributed by atoms with Crippen LogP contribution in [-0.4, -0.2) is 74.1 Å². The molecule has 122 valence electrons. The fourth-order valence-electron chi connectivity index (χ4n) is 1.57. The zero-order valence-corrected chi connectivity index (χ0v) is 12.4. The SMILES string of the molecule is CC(CNCCCNCCNCCCNCO)N([O-])O. The van der Waals surface area contributed by atoms with Gasteiger partial charge in [0.25, 0.3) is 0 Å². The average molecular weight is 292 g/mol. The summed E-state index contributed by atoms with van der Waals surface area (Å²) in [5, 5.41) is 40.2. The third-order valence-electron chi connectivity index (χ3n) is 2.82. The fraction of sp³-hybridized carbons (Fsp3) is 1.00. The standard InChI is InChI=1S/C12H30N5O3/c1-12(17(19)20)10-15-6-2-4-13-8-9-14-5-3-7-16-11-18/h12-16,18-19H,2-11H2,1H3/q-1. The summed E-state index contributed by atoms with van der Waals surface area (Å²) in [7, 11) is 0. The van der Waals surface area contributed by atoms with Gasteiger partial charge in [0, 0.05) is 25.7 Å². The van der Waals surface area contributed by atoms with Gasteiger partial charge in [-0.15, -0.1) is 0 Å². The molecule has 0 bridgehead atoms. The first-order valence-corrected chi connectivity index (χ1v) is 7.27. The Morgan fingerprint density at radius 2 is 1.40 bits per heavy atom. The van der Waals surface area contributed by atoms with Crippen LogP contribution < -0.4 is 21.3 Å². The molecule has 6 N–H and O–H groups in total. The van der Waals surface area contributed by atoms with Crippen molar-refractivity contribution in [2.24, 2.45) is 0 Å². The average Bonchev–Trinajstić information content (AvgIpc) is 2.43. The van der Waals surface area contributed by atoms with Gasteiger partial charge in [-0.2, -0.15) is 0 Å². The normalized spacial score (nSPS) is 13.1. The summed E-state index contributed by atoms with van der Waals surface area (Å²) in [4.78, 5) is 0. The van der Waals surface area contributed by atoms with E-state index in [4.69, 9.17) is 10.3 Å². The molecular formula is C12H30N5O3-. The van der Waals surface area contributed by atoms with E-state index in [1.807, 2.05) is 0 Å². The Hall–Kier alpha value is -0.320. The lowest BCUT2D eigenvalue weighted by Crippen LogP contribution is -2.36. The molecule has 0 aliphatic heterocycles. The third kappa shape index (κ3) is 14.1. The van der Waals surface area contributed by atoms with E-state index in [2.05, 4.69) is 21.3 Å². The van der Waals surface area contributed by atoms with Gasteiger partial charge in [-0.25, -0.2) is 0 Å². The van der Waals surface area contributed by atoms with Crippen molar-refractivity contribution in [3.8, 4) is 0 Å². The lowest BCUT2D eigenvalue weighted by atomic mass is 10.3. The van der Waals surface area contributed by atoms with Gasteiger partial charge in [0.1, 0.15) is 0 Å². The zero-order chi connectivity index (χ0) is 15.1. The second-order valence-corrected chi connectivity index (χ2v) is 4.72. The quantitative estimate of drug-likeness (QED) is 0.125. The molecule has 0 heterocycles. The van der Waals surface area contributed by atoms with E-state index in [0.29, 0.717) is 6.54 Å². The van der Waals surface area contributed by atoms with E-state index < -0.39 is 6.04 Å². The molecule has 1 unspecified atom stereocenters. The van der Waals surface area contributed by atoms with Crippen molar-refractivity contribution in [2.75, 3.05) is 52.5 Å². The van der Waals surface area contributed by atoms with Gasteiger partial charge < -0.3 is 31.5 Å². The lowest BCUT2D eigenvalue weighted by Gasteiger charge is -2.27. The van der Waals surface area contributed by atoms with E-state index >= 15 is 0 Å². The van der Waals surface area contributed by atoms with Crippen molar-refractivity contribution < 1.29 is 10.3 Å². The molecule has 0 rings (SSSR count). The summed E-state index contributed by atoms with van der Waals surface area (Å²) in [6.45, 7) is 7.58. The molecule has 0 aliphatic rings. The Morgan fingerprint density at radius 3 is 1.90 bits per heavy atom. The van der Waals surface area contributed by atoms with E-state index in [1.165, 1.54) is 0 Å². The predicted molar refractivity (Wildman–Crippen MR) is 79.4 cm³/mol. The van der Waals surface area contributed by atoms with Crippen LogP contribution in [0.5, 0.6) is 0 Å². The van der Waals surface area contributed by atoms with Crippen molar-refractivity contribution in [1.29, 1.82) is 0 Å². The highest BCUT2D eigenvalue weighted by molar-refractivity contribution is 4.63. The molecule has 0 saturated carbocycles. The molecule has 0 aromatic rings. The van der Waals surface area contributed by atoms with E-state index in [0.717, 1.165) is 52.1 Å². The van der Waals surface area contributed by atoms with Gasteiger partial charge in [-0.3, -0.25) is 10.5 Å². The van der Waals surface area contributed by atoms with E-state index in [-0.39, 0.29) is 12.0 Å². The minimum atomic E-state index is -0.410. The third-order valence-corrected chi connectivity index (χ3v) is 2.82. The molecule has 0 aliphatic carbocycles. The van der Waals surface area contributed by atoms with Crippen LogP contribution in [0.2, 0.25) is 0 Å². The minimum Gasteiger partial charge on any atom is -0.762 e. The molecule has 0 aromatic carbocycles. The van der Waals surface area contributed by atoms with Crippen LogP contribution in [0.1, 0.15) is 19.8 Å². The summed E-state index contributed by atoms with van der Waals surface area (Å²) < 4.78 is 0. The van der Waals surface area contributed by atoms with Gasteiger partial charge in [0.05, 0.1) is 6.73 Å². The predicted octanol–water partition coefficient (Wildman–Crippen LogP) is -1.35. The number of hydrogen-bond donors (Lipinski definition) is 6. The van der Waals surface area contributed by atoms with Gasteiger partial charge in [0.2, 0.25) is 0 Å². The molecule has 0 amide bonds. The maximum absolute atomic E-state index is 10.5. The molecule has 0 radical (unpaired) electrons. The maximum atomic E-state index is 10.5. The number of aliphatic hydroxyl groups excluding tert-OH is 1. The Balaban J connectivity index is 3.03. The van der Waals surface area contributed by atoms with E-state index in [1.54, 1.807) is 6.92 Å². The Morgan fingerprint density at radius 1 is 0.900 bits per heavy atom. The zero-order valence-electron chi connectivity index (χ0n) is 12.4. The molecule has 20 heavy (non-hydrogen) atoms. The number of nitrogens with one attached hydrogen (secondary N) is 4. The van der Waals surface area contributed by atoms with Crippen LogP contribution >= 0.6 is 0 Å². The molecular weight excluding hydrogens is 262 g/mol. The lowest BCUT2D eigenvalue weighted by molar-refractivity contribution is -0.0722. The summed E-state index contributed by atoms with van der Waals surface area (Å²) >= 11 is 0. The summed E-state index contributed by atoms with van der Waals surface area (Å²) in [5.41, 5.74) is 0. The van der Waals surface area contributed by atoms with Crippen LogP contribution in [0.4, 0.5) is 0 Å². The maximum Gasteiger partial charge on any atom is 0.0931 e. The highest BCUT2D eigenvalue weighted by Gasteiger charge is 1.99. The Bertz CT molecular complexity index is 198. The van der Waals surface area contributed by atoms with Crippen LogP contribution in [-0.2, 0) is 0 Å². The summed E-state index contributed by atoms with van der Waals surface area (Å²) in [6.07, 6.45) is 1.99. The van der Waals surface area contributed by atoms with Crippen LogP contribution in [0.3, 0.4) is 0 Å². The summed E-state index contributed by atoms with van der Waals surface area (Å²) in [6, 6.07) is -0.410. The highest BCUT2D eigenvalue weighted by Crippen LogP contribution is 1.88. The molecule has 8 heteroatoms. The van der Waals surface area contributed by atoms with Crippen LogP contribution in [0.25, 0.3) is 0 Å². The van der Waals surface area contributed by atoms with Crippen molar-refractivity contribution >= 4 is 0 Å². The first-order valence-electron chi connectivity index (χ1n) is 7.27. The largest absolute Gasteiger partial charge is 0.762 e. The number of hydroxylamine groups is 2. The Kier molecular flexibility index (Phi) is 14.8. The van der Waals surface area contributed by atoms with E-state index in [9.17, 15) is 5.21 Å². The van der Waals surface area contributed by atoms with Crippen molar-refractivity contribution in [1.82, 2.24) is 26.5 Å². The van der Waals surface area contributed by atoms with Crippen LogP contribution in [0.15, 0.2) is 0 Å². The Labute approximate surface area is 121 Å². The second-order valence-electron chi connectivity index (χ2n) is 4.72. The molecule has 8 nitrogen and oxygen atoms in total. The molecule has 0 aromatic heterocycles. The highest BCUT2D eigenvalue weighted by atomic mass is 16.8. The summed E-state index contributed by atoms with van der Waals surface area (Å²) in [5.74, 6) is 0. The number of hydrogen-bond acceptors (Lipinski definition) is 8. The minimum absolute atomic E-state index is 0.0208. The molecule has 0 saturated heterocycles. The fourth-order valence-corrected chi connectivity index (χ4v) is 1.57. The topological polar surface area (TPSA) is 115 Å². The molecule has 0 fully saturated rings. The molecule has 0 spiro atoms. The van der Waals surface area contributed by atoms with Crippen LogP contribution in [0, 0.1) is 5.21 Å². The monoisotopic (exact) mass is 292 g/mol. The first-order chi connectivity index (χ1) is 9.68. The first kappa shape index (κ1) is 19.7. The van der Waals surface area contributed by atoms with Gasteiger partial charge in [-0.1, -0.05) is 0 Å². The number of aliphatic hydroxyl groups is 1. The van der Waals surface area contributed by atoms with Crippen molar-refractivity contribution in [3.05, 3.63) is 5.21 Å². The van der Waals surface area contributed by atoms with Crippen molar-refractivity contribution in [3.63, 3.8) is 0 Å². The van der Waals surface area contributed by atoms with Gasteiger partial charge in [-0.05, 0) is 45.9 Å². The molecule has 1 atom stereocenters. The second kappa shape index (κ2) is 15.1. The smallest absolute Gasteiger partial charge is 0.0931 e. The number of rotatable bonds is 15.